The second-order valence-electron chi connectivity index (χ2n) is 5.81. The van der Waals surface area contributed by atoms with E-state index < -0.39 is 0 Å². The molecule has 1 aliphatic heterocycles. The third-order valence-corrected chi connectivity index (χ3v) is 5.17. The first-order chi connectivity index (χ1) is 12.1. The Kier molecular flexibility index (Phi) is 6.09. The van der Waals surface area contributed by atoms with Crippen LogP contribution in [0, 0.1) is 0 Å². The minimum atomic E-state index is -0.0927. The van der Waals surface area contributed by atoms with Crippen LogP contribution >= 0.6 is 27.3 Å². The van der Waals surface area contributed by atoms with Gasteiger partial charge in [-0.3, -0.25) is 9.59 Å². The van der Waals surface area contributed by atoms with Gasteiger partial charge >= 0.3 is 0 Å². The van der Waals surface area contributed by atoms with Crippen LogP contribution in [0.4, 0.5) is 0 Å². The van der Waals surface area contributed by atoms with Gasteiger partial charge in [-0.1, -0.05) is 15.9 Å². The highest BCUT2D eigenvalue weighted by Crippen LogP contribution is 2.34. The lowest BCUT2D eigenvalue weighted by atomic mass is 10.0. The van der Waals surface area contributed by atoms with Crippen LogP contribution in [0.15, 0.2) is 39.5 Å². The zero-order valence-electron chi connectivity index (χ0n) is 13.6. The van der Waals surface area contributed by atoms with Gasteiger partial charge in [-0.25, -0.2) is 0 Å². The lowest BCUT2D eigenvalue weighted by Gasteiger charge is -2.27. The minimum Gasteiger partial charge on any atom is -0.493 e. The molecule has 1 aromatic heterocycles. The maximum absolute atomic E-state index is 12.2. The first kappa shape index (κ1) is 17.9. The van der Waals surface area contributed by atoms with Gasteiger partial charge < -0.3 is 15.4 Å². The number of fused-ring (bicyclic) bond motifs is 1. The number of hydrogen-bond donors (Lipinski definition) is 2. The van der Waals surface area contributed by atoms with Crippen LogP contribution in [0.1, 0.15) is 41.2 Å². The van der Waals surface area contributed by atoms with Crippen molar-refractivity contribution in [2.45, 2.75) is 25.3 Å². The zero-order chi connectivity index (χ0) is 17.6. The Hall–Kier alpha value is -1.86. The van der Waals surface area contributed by atoms with E-state index in [9.17, 15) is 9.59 Å². The quantitative estimate of drug-likeness (QED) is 0.697. The maximum atomic E-state index is 12.2. The Balaban J connectivity index is 1.44. The molecule has 1 atom stereocenters. The van der Waals surface area contributed by atoms with E-state index in [-0.39, 0.29) is 17.9 Å². The molecule has 3 rings (SSSR count). The zero-order valence-corrected chi connectivity index (χ0v) is 16.0. The van der Waals surface area contributed by atoms with E-state index in [0.29, 0.717) is 31.6 Å². The van der Waals surface area contributed by atoms with Crippen molar-refractivity contribution in [3.63, 3.8) is 0 Å². The number of ether oxygens (including phenoxy) is 1. The number of benzene rings is 1. The number of nitrogens with one attached hydrogen (secondary N) is 2. The Labute approximate surface area is 158 Å². The van der Waals surface area contributed by atoms with Crippen LogP contribution in [0.3, 0.4) is 0 Å². The normalized spacial score (nSPS) is 15.8. The Bertz CT molecular complexity index is 749. The van der Waals surface area contributed by atoms with Crippen molar-refractivity contribution in [1.82, 2.24) is 10.6 Å². The van der Waals surface area contributed by atoms with E-state index >= 15 is 0 Å². The molecular weight excluding hydrogens is 404 g/mol. The summed E-state index contributed by atoms with van der Waals surface area (Å²) in [7, 11) is 0. The number of rotatable bonds is 6. The minimum absolute atomic E-state index is 0.0115. The van der Waals surface area contributed by atoms with E-state index in [1.165, 1.54) is 11.3 Å². The second kappa shape index (κ2) is 8.49. The van der Waals surface area contributed by atoms with Gasteiger partial charge in [0.05, 0.1) is 12.6 Å². The summed E-state index contributed by atoms with van der Waals surface area (Å²) in [6.07, 6.45) is 1.74. The SMILES string of the molecule is O=C(CCCNC(=O)c1ccsc1)NC1CCOc2ccc(Br)cc21. The lowest BCUT2D eigenvalue weighted by molar-refractivity contribution is -0.122. The summed E-state index contributed by atoms with van der Waals surface area (Å²) in [5.74, 6) is 0.718. The van der Waals surface area contributed by atoms with E-state index in [4.69, 9.17) is 4.74 Å². The fourth-order valence-corrected chi connectivity index (χ4v) is 3.74. The summed E-state index contributed by atoms with van der Waals surface area (Å²) >= 11 is 4.95. The molecule has 2 N–H and O–H groups in total. The molecule has 0 saturated heterocycles. The first-order valence-corrected chi connectivity index (χ1v) is 9.89. The van der Waals surface area contributed by atoms with Crippen molar-refractivity contribution < 1.29 is 14.3 Å². The first-order valence-electron chi connectivity index (χ1n) is 8.15. The molecule has 25 heavy (non-hydrogen) atoms. The Morgan fingerprint density at radius 1 is 1.32 bits per heavy atom. The summed E-state index contributed by atoms with van der Waals surface area (Å²) in [5.41, 5.74) is 1.67. The molecule has 0 saturated carbocycles. The third kappa shape index (κ3) is 4.83. The molecule has 5 nitrogen and oxygen atoms in total. The summed E-state index contributed by atoms with van der Waals surface area (Å²) in [4.78, 5) is 24.0. The second-order valence-corrected chi connectivity index (χ2v) is 7.51. The highest BCUT2D eigenvalue weighted by atomic mass is 79.9. The smallest absolute Gasteiger partial charge is 0.252 e. The van der Waals surface area contributed by atoms with E-state index in [2.05, 4.69) is 26.6 Å². The summed E-state index contributed by atoms with van der Waals surface area (Å²) in [6, 6.07) is 7.58. The largest absolute Gasteiger partial charge is 0.493 e. The van der Waals surface area contributed by atoms with E-state index in [1.54, 1.807) is 6.07 Å². The molecule has 1 aromatic carbocycles. The Morgan fingerprint density at radius 2 is 2.20 bits per heavy atom. The predicted octanol–water partition coefficient (Wildman–Crippen LogP) is 3.66. The van der Waals surface area contributed by atoms with E-state index in [1.807, 2.05) is 29.0 Å². The molecule has 2 aromatic rings. The number of thiophene rings is 1. The lowest BCUT2D eigenvalue weighted by Crippen LogP contribution is -2.32. The summed E-state index contributed by atoms with van der Waals surface area (Å²) < 4.78 is 6.60. The number of halogens is 1. The van der Waals surface area contributed by atoms with Gasteiger partial charge in [0.2, 0.25) is 5.91 Å². The van der Waals surface area contributed by atoms with Gasteiger partial charge in [0.25, 0.3) is 5.91 Å². The highest BCUT2D eigenvalue weighted by Gasteiger charge is 2.23. The maximum Gasteiger partial charge on any atom is 0.252 e. The molecule has 7 heteroatoms. The van der Waals surface area contributed by atoms with Crippen molar-refractivity contribution in [2.75, 3.05) is 13.2 Å². The molecule has 0 aliphatic carbocycles. The van der Waals surface area contributed by atoms with Gasteiger partial charge in [-0.2, -0.15) is 11.3 Å². The summed E-state index contributed by atoms with van der Waals surface area (Å²) in [6.45, 7) is 1.08. The molecule has 2 amide bonds. The molecule has 1 unspecified atom stereocenters. The number of carbonyl (C=O) groups excluding carboxylic acids is 2. The molecule has 1 aliphatic rings. The third-order valence-electron chi connectivity index (χ3n) is 4.00. The standard InChI is InChI=1S/C18H19BrN2O3S/c19-13-3-4-16-14(10-13)15(5-8-24-16)21-17(22)2-1-7-20-18(23)12-6-9-25-11-12/h3-4,6,9-11,15H,1-2,5,7-8H2,(H,20,23)(H,21,22). The number of hydrogen-bond acceptors (Lipinski definition) is 4. The molecule has 0 fully saturated rings. The monoisotopic (exact) mass is 422 g/mol. The highest BCUT2D eigenvalue weighted by molar-refractivity contribution is 9.10. The number of carbonyl (C=O) groups is 2. The molecule has 2 heterocycles. The summed E-state index contributed by atoms with van der Waals surface area (Å²) in [5, 5.41) is 9.57. The van der Waals surface area contributed by atoms with Gasteiger partial charge in [-0.05, 0) is 36.1 Å². The molecule has 0 radical (unpaired) electrons. The number of amides is 2. The van der Waals surface area contributed by atoms with E-state index in [0.717, 1.165) is 22.2 Å². The average Bonchev–Trinajstić information content (AvgIpc) is 3.14. The van der Waals surface area contributed by atoms with Gasteiger partial charge in [0.15, 0.2) is 0 Å². The van der Waals surface area contributed by atoms with Gasteiger partial charge in [-0.15, -0.1) is 0 Å². The molecule has 132 valence electrons. The Morgan fingerprint density at radius 3 is 3.00 bits per heavy atom. The topological polar surface area (TPSA) is 67.4 Å². The van der Waals surface area contributed by atoms with Crippen LogP contribution in [-0.4, -0.2) is 25.0 Å². The molecular formula is C18H19BrN2O3S. The predicted molar refractivity (Wildman–Crippen MR) is 101 cm³/mol. The van der Waals surface area contributed by atoms with Crippen LogP contribution in [0.5, 0.6) is 5.75 Å². The fraction of sp³-hybridized carbons (Fsp3) is 0.333. The van der Waals surface area contributed by atoms with Crippen LogP contribution < -0.4 is 15.4 Å². The van der Waals surface area contributed by atoms with Crippen molar-refractivity contribution in [3.05, 3.63) is 50.6 Å². The average molecular weight is 423 g/mol. The van der Waals surface area contributed by atoms with Crippen LogP contribution in [-0.2, 0) is 4.79 Å². The van der Waals surface area contributed by atoms with Crippen molar-refractivity contribution in [1.29, 1.82) is 0 Å². The van der Waals surface area contributed by atoms with Crippen LogP contribution in [0.2, 0.25) is 0 Å². The van der Waals surface area contributed by atoms with Crippen molar-refractivity contribution in [2.24, 2.45) is 0 Å². The molecule has 0 bridgehead atoms. The van der Waals surface area contributed by atoms with Crippen molar-refractivity contribution >= 4 is 39.1 Å². The molecule has 0 spiro atoms. The van der Waals surface area contributed by atoms with Gasteiger partial charge in [0.1, 0.15) is 5.75 Å². The van der Waals surface area contributed by atoms with Crippen LogP contribution in [0.25, 0.3) is 0 Å². The van der Waals surface area contributed by atoms with Gasteiger partial charge in [0, 0.05) is 40.4 Å². The van der Waals surface area contributed by atoms with Crippen molar-refractivity contribution in [3.8, 4) is 5.75 Å². The fourth-order valence-electron chi connectivity index (χ4n) is 2.73.